The Morgan fingerprint density at radius 1 is 1.47 bits per heavy atom. The topological polar surface area (TPSA) is 73.8 Å². The van der Waals surface area contributed by atoms with Crippen LogP contribution in [0.5, 0.6) is 0 Å². The quantitative estimate of drug-likeness (QED) is 0.835. The van der Waals surface area contributed by atoms with Gasteiger partial charge in [-0.1, -0.05) is 12.2 Å². The van der Waals surface area contributed by atoms with E-state index in [4.69, 9.17) is 5.73 Å². The molecule has 3 atom stereocenters. The summed E-state index contributed by atoms with van der Waals surface area (Å²) in [5, 5.41) is 4.46. The highest BCUT2D eigenvalue weighted by Crippen LogP contribution is 2.48. The molecule has 5 nitrogen and oxygen atoms in total. The SMILES string of the molecule is CC(C)n1nc(CC(N)=O)nc1[C@@H]1C[C@@H]2C=C[C@H]1C2. The van der Waals surface area contributed by atoms with Crippen molar-refractivity contribution >= 4 is 5.91 Å². The van der Waals surface area contributed by atoms with Crippen molar-refractivity contribution in [3.63, 3.8) is 0 Å². The van der Waals surface area contributed by atoms with Crippen molar-refractivity contribution in [1.29, 1.82) is 0 Å². The molecule has 2 aliphatic rings. The first-order valence-electron chi connectivity index (χ1n) is 6.96. The molecule has 1 saturated carbocycles. The van der Waals surface area contributed by atoms with E-state index in [2.05, 4.69) is 36.1 Å². The Balaban J connectivity index is 1.93. The minimum absolute atomic E-state index is 0.128. The maximum absolute atomic E-state index is 11.0. The molecule has 19 heavy (non-hydrogen) atoms. The molecule has 0 unspecified atom stereocenters. The Hall–Kier alpha value is -1.65. The molecule has 1 aromatic rings. The summed E-state index contributed by atoms with van der Waals surface area (Å²) in [7, 11) is 0. The predicted octanol–water partition coefficient (Wildman–Crippen LogP) is 1.57. The Kier molecular flexibility index (Phi) is 2.92. The molecule has 3 rings (SSSR count). The van der Waals surface area contributed by atoms with Gasteiger partial charge >= 0.3 is 0 Å². The van der Waals surface area contributed by atoms with Gasteiger partial charge in [0.1, 0.15) is 5.82 Å². The monoisotopic (exact) mass is 260 g/mol. The molecule has 1 amide bonds. The van der Waals surface area contributed by atoms with Gasteiger partial charge in [0.15, 0.2) is 5.82 Å². The van der Waals surface area contributed by atoms with Crippen LogP contribution < -0.4 is 5.73 Å². The van der Waals surface area contributed by atoms with Crippen LogP contribution in [0.3, 0.4) is 0 Å². The van der Waals surface area contributed by atoms with Crippen LogP contribution in [-0.4, -0.2) is 20.7 Å². The van der Waals surface area contributed by atoms with Gasteiger partial charge in [-0.3, -0.25) is 4.79 Å². The fraction of sp³-hybridized carbons (Fsp3) is 0.643. The molecule has 0 aromatic carbocycles. The summed E-state index contributed by atoms with van der Waals surface area (Å²) in [5.74, 6) is 2.96. The van der Waals surface area contributed by atoms with E-state index in [0.717, 1.165) is 12.2 Å². The number of allylic oxidation sites excluding steroid dienone is 2. The third-order valence-electron chi connectivity index (χ3n) is 4.13. The lowest BCUT2D eigenvalue weighted by atomic mass is 9.92. The second-order valence-corrected chi connectivity index (χ2v) is 5.95. The lowest BCUT2D eigenvalue weighted by Crippen LogP contribution is -2.15. The average Bonchev–Trinajstić information content (AvgIpc) is 3.00. The van der Waals surface area contributed by atoms with Crippen LogP contribution in [0.25, 0.3) is 0 Å². The van der Waals surface area contributed by atoms with Crippen LogP contribution in [0.1, 0.15) is 50.3 Å². The first-order valence-corrected chi connectivity index (χ1v) is 6.96. The van der Waals surface area contributed by atoms with E-state index < -0.39 is 0 Å². The molecule has 102 valence electrons. The average molecular weight is 260 g/mol. The van der Waals surface area contributed by atoms with Gasteiger partial charge in [-0.05, 0) is 38.5 Å². The molecule has 0 saturated heterocycles. The van der Waals surface area contributed by atoms with Gasteiger partial charge in [-0.15, -0.1) is 0 Å². The van der Waals surface area contributed by atoms with Crippen molar-refractivity contribution in [3.8, 4) is 0 Å². The highest BCUT2D eigenvalue weighted by molar-refractivity contribution is 5.75. The Bertz CT molecular complexity index is 532. The summed E-state index contributed by atoms with van der Waals surface area (Å²) >= 11 is 0. The van der Waals surface area contributed by atoms with Gasteiger partial charge in [0.05, 0.1) is 6.42 Å². The summed E-state index contributed by atoms with van der Waals surface area (Å²) in [6.07, 6.45) is 7.15. The molecule has 0 aliphatic heterocycles. The summed E-state index contributed by atoms with van der Waals surface area (Å²) < 4.78 is 1.97. The van der Waals surface area contributed by atoms with Gasteiger partial charge in [-0.2, -0.15) is 5.10 Å². The summed E-state index contributed by atoms with van der Waals surface area (Å²) in [6, 6.07) is 0.257. The third kappa shape index (κ3) is 2.17. The molecule has 1 heterocycles. The minimum atomic E-state index is -0.375. The summed E-state index contributed by atoms with van der Waals surface area (Å²) in [6.45, 7) is 4.19. The Morgan fingerprint density at radius 3 is 2.79 bits per heavy atom. The second-order valence-electron chi connectivity index (χ2n) is 5.95. The van der Waals surface area contributed by atoms with Crippen LogP contribution >= 0.6 is 0 Å². The number of carbonyl (C=O) groups excluding carboxylic acids is 1. The number of nitrogens with zero attached hydrogens (tertiary/aromatic N) is 3. The predicted molar refractivity (Wildman–Crippen MR) is 71.4 cm³/mol. The van der Waals surface area contributed by atoms with Gasteiger partial charge in [0, 0.05) is 12.0 Å². The lowest BCUT2D eigenvalue weighted by Gasteiger charge is -2.19. The number of primary amides is 1. The number of carbonyl (C=O) groups is 1. The maximum atomic E-state index is 11.0. The zero-order valence-corrected chi connectivity index (χ0v) is 11.4. The molecule has 5 heteroatoms. The Morgan fingerprint density at radius 2 is 2.26 bits per heavy atom. The first kappa shape index (κ1) is 12.4. The molecular weight excluding hydrogens is 240 g/mol. The van der Waals surface area contributed by atoms with Crippen molar-refractivity contribution in [3.05, 3.63) is 23.8 Å². The van der Waals surface area contributed by atoms with Gasteiger partial charge in [0.2, 0.25) is 5.91 Å². The highest BCUT2D eigenvalue weighted by atomic mass is 16.1. The number of hydrogen-bond donors (Lipinski definition) is 1. The molecule has 0 radical (unpaired) electrons. The molecule has 1 fully saturated rings. The zero-order valence-electron chi connectivity index (χ0n) is 11.4. The molecule has 1 aromatic heterocycles. The smallest absolute Gasteiger partial charge is 0.225 e. The first-order chi connectivity index (χ1) is 9.04. The maximum Gasteiger partial charge on any atom is 0.225 e. The van der Waals surface area contributed by atoms with E-state index in [1.54, 1.807) is 0 Å². The molecular formula is C14H20N4O. The van der Waals surface area contributed by atoms with Crippen LogP contribution in [0.15, 0.2) is 12.2 Å². The van der Waals surface area contributed by atoms with E-state index in [1.807, 2.05) is 4.68 Å². The van der Waals surface area contributed by atoms with E-state index >= 15 is 0 Å². The van der Waals surface area contributed by atoms with Crippen LogP contribution in [0.4, 0.5) is 0 Å². The number of aromatic nitrogens is 3. The molecule has 2 N–H and O–H groups in total. The van der Waals surface area contributed by atoms with E-state index in [9.17, 15) is 4.79 Å². The van der Waals surface area contributed by atoms with Crippen LogP contribution in [0.2, 0.25) is 0 Å². The van der Waals surface area contributed by atoms with Gasteiger partial charge in [0.25, 0.3) is 0 Å². The van der Waals surface area contributed by atoms with E-state index in [0.29, 0.717) is 23.6 Å². The number of rotatable bonds is 4. The standard InChI is InChI=1S/C14H20N4O/c1-8(2)18-14(16-13(17-18)7-12(15)19)11-6-9-3-4-10(11)5-9/h3-4,8-11H,5-7H2,1-2H3,(H2,15,19)/t9-,10+,11-/m1/s1. The van der Waals surface area contributed by atoms with Crippen molar-refractivity contribution in [1.82, 2.24) is 14.8 Å². The molecule has 0 spiro atoms. The largest absolute Gasteiger partial charge is 0.369 e. The van der Waals surface area contributed by atoms with Crippen molar-refractivity contribution < 1.29 is 4.79 Å². The number of fused-ring (bicyclic) bond motifs is 2. The fourth-order valence-electron chi connectivity index (χ4n) is 3.32. The summed E-state index contributed by atoms with van der Waals surface area (Å²) in [4.78, 5) is 15.6. The minimum Gasteiger partial charge on any atom is -0.369 e. The molecule has 2 aliphatic carbocycles. The van der Waals surface area contributed by atoms with Crippen molar-refractivity contribution in [2.24, 2.45) is 17.6 Å². The number of hydrogen-bond acceptors (Lipinski definition) is 3. The Labute approximate surface area is 112 Å². The third-order valence-corrected chi connectivity index (χ3v) is 4.13. The fourth-order valence-corrected chi connectivity index (χ4v) is 3.32. The lowest BCUT2D eigenvalue weighted by molar-refractivity contribution is -0.117. The van der Waals surface area contributed by atoms with Gasteiger partial charge in [-0.25, -0.2) is 9.67 Å². The molecule has 2 bridgehead atoms. The van der Waals surface area contributed by atoms with Crippen LogP contribution in [-0.2, 0) is 11.2 Å². The van der Waals surface area contributed by atoms with E-state index in [-0.39, 0.29) is 18.4 Å². The number of amides is 1. The summed E-state index contributed by atoms with van der Waals surface area (Å²) in [5.41, 5.74) is 5.23. The van der Waals surface area contributed by atoms with Crippen LogP contribution in [0, 0.1) is 11.8 Å². The highest BCUT2D eigenvalue weighted by Gasteiger charge is 2.39. The number of nitrogens with two attached hydrogens (primary N) is 1. The normalized spacial score (nSPS) is 28.5. The second kappa shape index (κ2) is 4.47. The van der Waals surface area contributed by atoms with Gasteiger partial charge < -0.3 is 5.73 Å². The van der Waals surface area contributed by atoms with E-state index in [1.165, 1.54) is 6.42 Å². The zero-order chi connectivity index (χ0) is 13.6. The van der Waals surface area contributed by atoms with Crippen molar-refractivity contribution in [2.75, 3.05) is 0 Å². The van der Waals surface area contributed by atoms with Crippen molar-refractivity contribution in [2.45, 2.75) is 45.1 Å².